The summed E-state index contributed by atoms with van der Waals surface area (Å²) in [5.74, 6) is -0.484. The lowest BCUT2D eigenvalue weighted by atomic mass is 10.1. The molecular formula is C27H30N4O3S. The second kappa shape index (κ2) is 10.7. The predicted molar refractivity (Wildman–Crippen MR) is 141 cm³/mol. The van der Waals surface area contributed by atoms with Crippen LogP contribution in [0.15, 0.2) is 77.7 Å². The molecule has 7 nitrogen and oxygen atoms in total. The molecular weight excluding hydrogens is 460 g/mol. The van der Waals surface area contributed by atoms with Crippen molar-refractivity contribution in [1.82, 2.24) is 0 Å². The Morgan fingerprint density at radius 3 is 2.23 bits per heavy atom. The highest BCUT2D eigenvalue weighted by Crippen LogP contribution is 2.23. The van der Waals surface area contributed by atoms with Crippen molar-refractivity contribution in [3.8, 4) is 0 Å². The largest absolute Gasteiger partial charge is 0.380 e. The van der Waals surface area contributed by atoms with Gasteiger partial charge in [0.15, 0.2) is 9.84 Å². The molecule has 1 fully saturated rings. The first kappa shape index (κ1) is 24.5. The van der Waals surface area contributed by atoms with Crippen LogP contribution in [-0.4, -0.2) is 39.4 Å². The summed E-state index contributed by atoms with van der Waals surface area (Å²) < 4.78 is 23.3. The fourth-order valence-corrected chi connectivity index (χ4v) is 4.76. The van der Waals surface area contributed by atoms with E-state index in [1.165, 1.54) is 25.5 Å². The number of nitrogens with zero attached hydrogens (tertiary/aromatic N) is 1. The van der Waals surface area contributed by atoms with E-state index in [1.807, 2.05) is 36.4 Å². The number of hydrogen-bond acceptors (Lipinski definition) is 6. The first-order chi connectivity index (χ1) is 16.8. The zero-order valence-corrected chi connectivity index (χ0v) is 20.6. The Labute approximate surface area is 206 Å². The summed E-state index contributed by atoms with van der Waals surface area (Å²) >= 11 is 0. The second-order valence-corrected chi connectivity index (χ2v) is 10.8. The molecule has 3 aromatic carbocycles. The summed E-state index contributed by atoms with van der Waals surface area (Å²) in [6.07, 6.45) is 4.86. The van der Waals surface area contributed by atoms with Gasteiger partial charge in [-0.25, -0.2) is 8.42 Å². The summed E-state index contributed by atoms with van der Waals surface area (Å²) in [5, 5.41) is 14.6. The Morgan fingerprint density at radius 1 is 0.914 bits per heavy atom. The van der Waals surface area contributed by atoms with E-state index in [4.69, 9.17) is 5.41 Å². The predicted octanol–water partition coefficient (Wildman–Crippen LogP) is 4.70. The fourth-order valence-electron chi connectivity index (χ4n) is 4.13. The van der Waals surface area contributed by atoms with Crippen molar-refractivity contribution in [1.29, 1.82) is 5.41 Å². The van der Waals surface area contributed by atoms with E-state index in [2.05, 4.69) is 15.5 Å². The van der Waals surface area contributed by atoms with E-state index < -0.39 is 15.7 Å². The van der Waals surface area contributed by atoms with Crippen LogP contribution in [0.4, 0.5) is 17.1 Å². The van der Waals surface area contributed by atoms with E-state index >= 15 is 0 Å². The van der Waals surface area contributed by atoms with Gasteiger partial charge in [-0.15, -0.1) is 0 Å². The summed E-state index contributed by atoms with van der Waals surface area (Å²) in [6.45, 7) is 2.54. The van der Waals surface area contributed by atoms with Crippen molar-refractivity contribution >= 4 is 38.5 Å². The van der Waals surface area contributed by atoms with Crippen LogP contribution in [0, 0.1) is 5.41 Å². The average Bonchev–Trinajstić information content (AvgIpc) is 2.88. The minimum absolute atomic E-state index is 0.138. The maximum atomic E-state index is 12.8. The molecule has 8 heteroatoms. The van der Waals surface area contributed by atoms with E-state index in [0.29, 0.717) is 23.5 Å². The van der Waals surface area contributed by atoms with Crippen LogP contribution in [-0.2, 0) is 21.2 Å². The number of rotatable bonds is 8. The minimum atomic E-state index is -3.24. The van der Waals surface area contributed by atoms with Crippen LogP contribution in [0.25, 0.3) is 0 Å². The highest BCUT2D eigenvalue weighted by Gasteiger charge is 2.17. The SMILES string of the molecule is CS(=O)(=O)c1ccc(CNc2ccccc2C(=N)C(=O)Nc2ccc(N3CCCCC3)cc2)cc1. The smallest absolute Gasteiger partial charge is 0.274 e. The lowest BCUT2D eigenvalue weighted by Gasteiger charge is -2.28. The summed E-state index contributed by atoms with van der Waals surface area (Å²) in [5.41, 5.74) is 3.69. The Kier molecular flexibility index (Phi) is 7.51. The standard InChI is InChI=1S/C27H30N4O3S/c1-35(33,34)23-15-9-20(10-16-23)19-29-25-8-4-3-7-24(25)26(28)27(32)30-21-11-13-22(14-12-21)31-17-5-2-6-18-31/h3-4,7-16,28-29H,2,5-6,17-19H2,1H3,(H,30,32). The van der Waals surface area contributed by atoms with Gasteiger partial charge in [-0.05, 0) is 67.3 Å². The Bertz CT molecular complexity index is 1300. The number of anilines is 3. The number of para-hydroxylation sites is 1. The quantitative estimate of drug-likeness (QED) is 0.397. The van der Waals surface area contributed by atoms with Crippen LogP contribution in [0.1, 0.15) is 30.4 Å². The van der Waals surface area contributed by atoms with Crippen LogP contribution < -0.4 is 15.5 Å². The molecule has 0 bridgehead atoms. The maximum absolute atomic E-state index is 12.8. The Balaban J connectivity index is 1.40. The third-order valence-corrected chi connectivity index (χ3v) is 7.23. The molecule has 35 heavy (non-hydrogen) atoms. The van der Waals surface area contributed by atoms with Crippen LogP contribution in [0.5, 0.6) is 0 Å². The van der Waals surface area contributed by atoms with Gasteiger partial charge in [0.1, 0.15) is 5.71 Å². The van der Waals surface area contributed by atoms with E-state index in [9.17, 15) is 13.2 Å². The van der Waals surface area contributed by atoms with Crippen LogP contribution >= 0.6 is 0 Å². The van der Waals surface area contributed by atoms with Gasteiger partial charge < -0.3 is 15.5 Å². The van der Waals surface area contributed by atoms with Crippen molar-refractivity contribution in [3.63, 3.8) is 0 Å². The van der Waals surface area contributed by atoms with Crippen molar-refractivity contribution < 1.29 is 13.2 Å². The van der Waals surface area contributed by atoms with Crippen molar-refractivity contribution in [3.05, 3.63) is 83.9 Å². The van der Waals surface area contributed by atoms with Gasteiger partial charge in [-0.2, -0.15) is 0 Å². The van der Waals surface area contributed by atoms with E-state index in [-0.39, 0.29) is 10.6 Å². The van der Waals surface area contributed by atoms with Gasteiger partial charge >= 0.3 is 0 Å². The topological polar surface area (TPSA) is 102 Å². The zero-order chi connectivity index (χ0) is 24.8. The maximum Gasteiger partial charge on any atom is 0.274 e. The first-order valence-electron chi connectivity index (χ1n) is 11.7. The third kappa shape index (κ3) is 6.27. The van der Waals surface area contributed by atoms with E-state index in [0.717, 1.165) is 24.3 Å². The summed E-state index contributed by atoms with van der Waals surface area (Å²) in [6, 6.07) is 21.6. The molecule has 0 unspecified atom stereocenters. The number of piperidine rings is 1. The fraction of sp³-hybridized carbons (Fsp3) is 0.259. The van der Waals surface area contributed by atoms with Crippen molar-refractivity contribution in [2.45, 2.75) is 30.7 Å². The molecule has 0 aliphatic carbocycles. The molecule has 1 heterocycles. The molecule has 0 spiro atoms. The van der Waals surface area contributed by atoms with Gasteiger partial charge in [0.25, 0.3) is 5.91 Å². The normalized spacial score (nSPS) is 13.8. The minimum Gasteiger partial charge on any atom is -0.380 e. The van der Waals surface area contributed by atoms with Crippen LogP contribution in [0.3, 0.4) is 0 Å². The molecule has 1 amide bonds. The number of benzene rings is 3. The van der Waals surface area contributed by atoms with Gasteiger partial charge in [0.2, 0.25) is 0 Å². The Morgan fingerprint density at radius 2 is 1.57 bits per heavy atom. The lowest BCUT2D eigenvalue weighted by Crippen LogP contribution is -2.29. The molecule has 1 aliphatic heterocycles. The zero-order valence-electron chi connectivity index (χ0n) is 19.8. The van der Waals surface area contributed by atoms with Gasteiger partial charge in [-0.1, -0.05) is 30.3 Å². The lowest BCUT2D eigenvalue weighted by molar-refractivity contribution is -0.110. The number of amides is 1. The number of carbonyl (C=O) groups is 1. The number of hydrogen-bond donors (Lipinski definition) is 3. The molecule has 0 aromatic heterocycles. The van der Waals surface area contributed by atoms with Crippen LogP contribution in [0.2, 0.25) is 0 Å². The molecule has 1 saturated heterocycles. The third-order valence-electron chi connectivity index (χ3n) is 6.10. The van der Waals surface area contributed by atoms with Crippen molar-refractivity contribution in [2.24, 2.45) is 0 Å². The molecule has 4 rings (SSSR count). The van der Waals surface area contributed by atoms with Gasteiger partial charge in [-0.3, -0.25) is 10.2 Å². The summed E-state index contributed by atoms with van der Waals surface area (Å²) in [7, 11) is -3.24. The van der Waals surface area contributed by atoms with Crippen molar-refractivity contribution in [2.75, 3.05) is 34.9 Å². The van der Waals surface area contributed by atoms with E-state index in [1.54, 1.807) is 36.4 Å². The molecule has 3 aromatic rings. The number of nitrogens with one attached hydrogen (secondary N) is 3. The summed E-state index contributed by atoms with van der Waals surface area (Å²) in [4.78, 5) is 15.4. The van der Waals surface area contributed by atoms with Gasteiger partial charge in [0.05, 0.1) is 4.90 Å². The second-order valence-electron chi connectivity index (χ2n) is 8.74. The van der Waals surface area contributed by atoms with Gasteiger partial charge in [0, 0.05) is 48.5 Å². The molecule has 1 aliphatic rings. The molecule has 3 N–H and O–H groups in total. The highest BCUT2D eigenvalue weighted by atomic mass is 32.2. The molecule has 0 atom stereocenters. The average molecular weight is 491 g/mol. The molecule has 0 radical (unpaired) electrons. The number of sulfone groups is 1. The molecule has 182 valence electrons. The monoisotopic (exact) mass is 490 g/mol. The number of carbonyl (C=O) groups excluding carboxylic acids is 1. The highest BCUT2D eigenvalue weighted by molar-refractivity contribution is 7.90. The molecule has 0 saturated carbocycles. The first-order valence-corrected chi connectivity index (χ1v) is 13.6. The Hall–Kier alpha value is -3.65.